The van der Waals surface area contributed by atoms with Gasteiger partial charge in [0.2, 0.25) is 0 Å². The zero-order valence-electron chi connectivity index (χ0n) is 11.2. The van der Waals surface area contributed by atoms with E-state index in [1.807, 2.05) is 0 Å². The summed E-state index contributed by atoms with van der Waals surface area (Å²) in [6.07, 6.45) is -13.0. The summed E-state index contributed by atoms with van der Waals surface area (Å²) in [7, 11) is 0. The Bertz CT molecular complexity index is 318. The van der Waals surface area contributed by atoms with Gasteiger partial charge in [0.05, 0.1) is 19.3 Å². The largest absolute Gasteiger partial charge is 0.394 e. The lowest BCUT2D eigenvalue weighted by Crippen LogP contribution is -2.67. The number of rotatable bonds is 6. The Kier molecular flexibility index (Phi) is 6.87. The SMILES string of the molecule is N[C@H]1C(C(O)[C@H](O)[C@H](O)[C@H](O)CO)O[C@H](CO)[C@@H](O)[C@@H]1O. The van der Waals surface area contributed by atoms with Crippen LogP contribution in [0.1, 0.15) is 0 Å². The van der Waals surface area contributed by atoms with E-state index < -0.39 is 68.1 Å². The van der Waals surface area contributed by atoms with Gasteiger partial charge in [-0.1, -0.05) is 0 Å². The van der Waals surface area contributed by atoms with Crippen molar-refractivity contribution in [1.82, 2.24) is 0 Å². The molecule has 21 heavy (non-hydrogen) atoms. The number of hydrogen-bond donors (Lipinski definition) is 9. The molecule has 0 aromatic heterocycles. The van der Waals surface area contributed by atoms with Gasteiger partial charge in [0, 0.05) is 0 Å². The molecule has 1 fully saturated rings. The van der Waals surface area contributed by atoms with Crippen LogP contribution >= 0.6 is 0 Å². The lowest BCUT2D eigenvalue weighted by atomic mass is 9.87. The normalized spacial score (nSPS) is 39.6. The monoisotopic (exact) mass is 313 g/mol. The number of aliphatic hydroxyl groups is 8. The highest BCUT2D eigenvalue weighted by atomic mass is 16.5. The van der Waals surface area contributed by atoms with Crippen LogP contribution in [0.3, 0.4) is 0 Å². The summed E-state index contributed by atoms with van der Waals surface area (Å²) in [5.41, 5.74) is 5.60. The van der Waals surface area contributed by atoms with E-state index in [4.69, 9.17) is 20.7 Å². The number of nitrogens with two attached hydrogens (primary N) is 1. The summed E-state index contributed by atoms with van der Waals surface area (Å²) in [5, 5.41) is 75.5. The van der Waals surface area contributed by atoms with Crippen molar-refractivity contribution in [2.75, 3.05) is 13.2 Å². The van der Waals surface area contributed by atoms with Gasteiger partial charge in [-0.3, -0.25) is 0 Å². The highest BCUT2D eigenvalue weighted by Gasteiger charge is 2.48. The topological polar surface area (TPSA) is 197 Å². The van der Waals surface area contributed by atoms with E-state index in [0.717, 1.165) is 0 Å². The summed E-state index contributed by atoms with van der Waals surface area (Å²) >= 11 is 0. The molecule has 0 amide bonds. The Morgan fingerprint density at radius 2 is 1.52 bits per heavy atom. The van der Waals surface area contributed by atoms with E-state index in [0.29, 0.717) is 0 Å². The van der Waals surface area contributed by atoms with Crippen LogP contribution in [-0.2, 0) is 4.74 Å². The minimum absolute atomic E-state index is 0.661. The van der Waals surface area contributed by atoms with E-state index >= 15 is 0 Å². The predicted octanol–water partition coefficient (Wildman–Crippen LogP) is -5.77. The molecule has 0 aliphatic carbocycles. The van der Waals surface area contributed by atoms with Gasteiger partial charge in [0.25, 0.3) is 0 Å². The van der Waals surface area contributed by atoms with Crippen LogP contribution in [0.15, 0.2) is 0 Å². The Morgan fingerprint density at radius 3 is 2.00 bits per heavy atom. The van der Waals surface area contributed by atoms with E-state index in [1.165, 1.54) is 0 Å². The average Bonchev–Trinajstić information content (AvgIpc) is 2.50. The third-order valence-electron chi connectivity index (χ3n) is 3.63. The molecule has 0 aromatic rings. The van der Waals surface area contributed by atoms with Crippen molar-refractivity contribution < 1.29 is 45.6 Å². The van der Waals surface area contributed by atoms with Crippen molar-refractivity contribution >= 4 is 0 Å². The zero-order valence-corrected chi connectivity index (χ0v) is 11.2. The fourth-order valence-electron chi connectivity index (χ4n) is 2.21. The van der Waals surface area contributed by atoms with Gasteiger partial charge in [-0.25, -0.2) is 0 Å². The quantitative estimate of drug-likeness (QED) is 0.228. The second-order valence-corrected chi connectivity index (χ2v) is 5.10. The van der Waals surface area contributed by atoms with E-state index in [-0.39, 0.29) is 0 Å². The number of ether oxygens (including phenoxy) is 1. The van der Waals surface area contributed by atoms with Crippen LogP contribution in [0, 0.1) is 0 Å². The Labute approximate surface area is 120 Å². The lowest BCUT2D eigenvalue weighted by Gasteiger charge is -2.44. The van der Waals surface area contributed by atoms with Crippen LogP contribution < -0.4 is 5.73 Å². The van der Waals surface area contributed by atoms with Crippen molar-refractivity contribution in [3.8, 4) is 0 Å². The molecule has 0 bridgehead atoms. The molecule has 10 N–H and O–H groups in total. The Hall–Kier alpha value is -0.400. The maximum absolute atomic E-state index is 9.96. The Balaban J connectivity index is 2.82. The molecule has 0 aromatic carbocycles. The zero-order chi connectivity index (χ0) is 16.3. The van der Waals surface area contributed by atoms with Crippen LogP contribution in [0.4, 0.5) is 0 Å². The molecule has 1 rings (SSSR count). The molecule has 10 nitrogen and oxygen atoms in total. The van der Waals surface area contributed by atoms with Crippen molar-refractivity contribution in [2.24, 2.45) is 5.73 Å². The summed E-state index contributed by atoms with van der Waals surface area (Å²) in [6.45, 7) is -1.50. The minimum Gasteiger partial charge on any atom is -0.394 e. The van der Waals surface area contributed by atoms with E-state index in [1.54, 1.807) is 0 Å². The molecule has 2 unspecified atom stereocenters. The van der Waals surface area contributed by atoms with Gasteiger partial charge in [0.15, 0.2) is 0 Å². The predicted molar refractivity (Wildman–Crippen MR) is 66.8 cm³/mol. The standard InChI is InChI=1S/C11H23NO9/c12-5-8(18)7(17)4(2-14)21-11(5)10(20)9(19)6(16)3(15)1-13/h3-11,13-20H,1-2,12H2/t3-,4-,5-,6-,7-,8-,9-,10?,11?/m1/s1. The van der Waals surface area contributed by atoms with Crippen LogP contribution in [0.2, 0.25) is 0 Å². The smallest absolute Gasteiger partial charge is 0.111 e. The van der Waals surface area contributed by atoms with E-state index in [2.05, 4.69) is 0 Å². The van der Waals surface area contributed by atoms with Crippen molar-refractivity contribution in [3.63, 3.8) is 0 Å². The molecule has 10 heteroatoms. The van der Waals surface area contributed by atoms with Gasteiger partial charge in [-0.15, -0.1) is 0 Å². The molecule has 1 saturated heterocycles. The number of hydrogen-bond acceptors (Lipinski definition) is 10. The minimum atomic E-state index is -1.93. The lowest BCUT2D eigenvalue weighted by molar-refractivity contribution is -0.231. The Morgan fingerprint density at radius 1 is 0.952 bits per heavy atom. The molecule has 0 saturated carbocycles. The highest BCUT2D eigenvalue weighted by Crippen LogP contribution is 2.24. The molecule has 1 aliphatic rings. The fourth-order valence-corrected chi connectivity index (χ4v) is 2.21. The fraction of sp³-hybridized carbons (Fsp3) is 1.00. The first kappa shape index (κ1) is 18.6. The summed E-state index contributed by atoms with van der Waals surface area (Å²) in [6, 6.07) is -1.30. The summed E-state index contributed by atoms with van der Waals surface area (Å²) in [5.74, 6) is 0. The second-order valence-electron chi connectivity index (χ2n) is 5.10. The van der Waals surface area contributed by atoms with Crippen molar-refractivity contribution in [3.05, 3.63) is 0 Å². The molecule has 126 valence electrons. The van der Waals surface area contributed by atoms with Gasteiger partial charge in [-0.05, 0) is 0 Å². The number of aliphatic hydroxyl groups excluding tert-OH is 8. The van der Waals surface area contributed by atoms with Gasteiger partial charge >= 0.3 is 0 Å². The molecule has 0 radical (unpaired) electrons. The molecule has 9 atom stereocenters. The maximum Gasteiger partial charge on any atom is 0.111 e. The second kappa shape index (κ2) is 7.74. The van der Waals surface area contributed by atoms with Crippen LogP contribution in [0.25, 0.3) is 0 Å². The van der Waals surface area contributed by atoms with Crippen LogP contribution in [0.5, 0.6) is 0 Å². The first-order chi connectivity index (χ1) is 9.76. The molecule has 0 spiro atoms. The van der Waals surface area contributed by atoms with Crippen molar-refractivity contribution in [2.45, 2.75) is 54.9 Å². The van der Waals surface area contributed by atoms with Crippen LogP contribution in [-0.4, -0.2) is 109 Å². The first-order valence-electron chi connectivity index (χ1n) is 6.47. The van der Waals surface area contributed by atoms with Gasteiger partial charge < -0.3 is 51.3 Å². The highest BCUT2D eigenvalue weighted by molar-refractivity contribution is 4.99. The first-order valence-corrected chi connectivity index (χ1v) is 6.47. The third-order valence-corrected chi connectivity index (χ3v) is 3.63. The molecule has 1 heterocycles. The summed E-state index contributed by atoms with van der Waals surface area (Å²) in [4.78, 5) is 0. The van der Waals surface area contributed by atoms with E-state index in [9.17, 15) is 30.6 Å². The van der Waals surface area contributed by atoms with Crippen molar-refractivity contribution in [1.29, 1.82) is 0 Å². The maximum atomic E-state index is 9.96. The molecule has 1 aliphatic heterocycles. The van der Waals surface area contributed by atoms with Gasteiger partial charge in [-0.2, -0.15) is 0 Å². The third kappa shape index (κ3) is 3.87. The molecular weight excluding hydrogens is 290 g/mol. The average molecular weight is 313 g/mol. The molecular formula is C11H23NO9. The summed E-state index contributed by atoms with van der Waals surface area (Å²) < 4.78 is 5.13. The van der Waals surface area contributed by atoms with Gasteiger partial charge in [0.1, 0.15) is 48.8 Å².